The van der Waals surface area contributed by atoms with Crippen molar-refractivity contribution in [2.45, 2.75) is 37.2 Å². The summed E-state index contributed by atoms with van der Waals surface area (Å²) < 4.78 is 48.8. The molecule has 180 valence electrons. The van der Waals surface area contributed by atoms with Gasteiger partial charge in [0.05, 0.1) is 21.7 Å². The molecule has 12 heteroatoms. The number of nitrogens with zero attached hydrogens (tertiary/aromatic N) is 3. The molecule has 1 unspecified atom stereocenters. The summed E-state index contributed by atoms with van der Waals surface area (Å²) in [6.45, 7) is 1.63. The van der Waals surface area contributed by atoms with Crippen molar-refractivity contribution in [2.24, 2.45) is 4.99 Å². The molecule has 1 aliphatic heterocycles. The van der Waals surface area contributed by atoms with Crippen LogP contribution in [0.3, 0.4) is 0 Å². The van der Waals surface area contributed by atoms with Crippen LogP contribution < -0.4 is 4.80 Å². The van der Waals surface area contributed by atoms with Gasteiger partial charge in [-0.3, -0.25) is 9.59 Å². The SMILES string of the molecule is CCOC(=O)Cn1c(=NC(=O)C2CCCN2S(=O)(=O)c2ccc(Cl)cc2)sc2cccc(F)c21. The molecule has 8 nitrogen and oxygen atoms in total. The smallest absolute Gasteiger partial charge is 0.326 e. The second-order valence-corrected chi connectivity index (χ2v) is 10.9. The van der Waals surface area contributed by atoms with Crippen molar-refractivity contribution in [3.63, 3.8) is 0 Å². The maximum Gasteiger partial charge on any atom is 0.326 e. The molecule has 0 bridgehead atoms. The number of halogens is 2. The maximum atomic E-state index is 14.6. The van der Waals surface area contributed by atoms with Gasteiger partial charge in [0.15, 0.2) is 4.80 Å². The predicted molar refractivity (Wildman–Crippen MR) is 125 cm³/mol. The van der Waals surface area contributed by atoms with E-state index in [1.54, 1.807) is 13.0 Å². The lowest BCUT2D eigenvalue weighted by Gasteiger charge is -2.21. The van der Waals surface area contributed by atoms with E-state index in [9.17, 15) is 22.4 Å². The third kappa shape index (κ3) is 4.78. The zero-order valence-corrected chi connectivity index (χ0v) is 20.5. The van der Waals surface area contributed by atoms with Crippen LogP contribution in [0, 0.1) is 5.82 Å². The van der Waals surface area contributed by atoms with E-state index in [1.165, 1.54) is 41.0 Å². The minimum atomic E-state index is -3.95. The van der Waals surface area contributed by atoms with Crippen molar-refractivity contribution in [1.29, 1.82) is 0 Å². The Labute approximate surface area is 204 Å². The monoisotopic (exact) mass is 525 g/mol. The molecule has 1 saturated heterocycles. The number of ether oxygens (including phenoxy) is 1. The summed E-state index contributed by atoms with van der Waals surface area (Å²) in [5.41, 5.74) is 0.129. The van der Waals surface area contributed by atoms with E-state index in [1.807, 2.05) is 0 Å². The molecular formula is C22H21ClFN3O5S2. The molecule has 0 aliphatic carbocycles. The quantitative estimate of drug-likeness (QED) is 0.460. The van der Waals surface area contributed by atoms with Gasteiger partial charge in [-0.25, -0.2) is 12.8 Å². The van der Waals surface area contributed by atoms with Gasteiger partial charge in [-0.2, -0.15) is 9.30 Å². The van der Waals surface area contributed by atoms with Crippen molar-refractivity contribution in [2.75, 3.05) is 13.2 Å². The molecule has 1 aliphatic rings. The van der Waals surface area contributed by atoms with Crippen molar-refractivity contribution < 1.29 is 27.1 Å². The summed E-state index contributed by atoms with van der Waals surface area (Å²) in [5.74, 6) is -1.86. The number of carbonyl (C=O) groups excluding carboxylic acids is 2. The highest BCUT2D eigenvalue weighted by atomic mass is 35.5. The van der Waals surface area contributed by atoms with Crippen molar-refractivity contribution >= 4 is 55.1 Å². The largest absolute Gasteiger partial charge is 0.465 e. The van der Waals surface area contributed by atoms with Gasteiger partial charge in [0, 0.05) is 11.6 Å². The Bertz CT molecular complexity index is 1420. The van der Waals surface area contributed by atoms with E-state index in [4.69, 9.17) is 16.3 Å². The molecule has 1 atom stereocenters. The van der Waals surface area contributed by atoms with E-state index in [2.05, 4.69) is 4.99 Å². The van der Waals surface area contributed by atoms with Crippen LogP contribution in [0.2, 0.25) is 5.02 Å². The number of fused-ring (bicyclic) bond motifs is 1. The zero-order chi connectivity index (χ0) is 24.5. The first-order valence-electron chi connectivity index (χ1n) is 10.5. The molecule has 0 saturated carbocycles. The Morgan fingerprint density at radius 2 is 1.97 bits per heavy atom. The molecular weight excluding hydrogens is 505 g/mol. The Hall–Kier alpha value is -2.60. The summed E-state index contributed by atoms with van der Waals surface area (Å²) >= 11 is 6.90. The van der Waals surface area contributed by atoms with Gasteiger partial charge in [-0.15, -0.1) is 0 Å². The molecule has 2 aromatic carbocycles. The number of para-hydroxylation sites is 1. The van der Waals surface area contributed by atoms with Gasteiger partial charge in [-0.1, -0.05) is 29.0 Å². The van der Waals surface area contributed by atoms with E-state index in [-0.39, 0.29) is 34.9 Å². The van der Waals surface area contributed by atoms with Crippen LogP contribution in [0.15, 0.2) is 52.4 Å². The highest BCUT2D eigenvalue weighted by Gasteiger charge is 2.39. The number of rotatable bonds is 6. The summed E-state index contributed by atoms with van der Waals surface area (Å²) in [6.07, 6.45) is 0.787. The lowest BCUT2D eigenvalue weighted by molar-refractivity contribution is -0.143. The molecule has 1 aromatic heterocycles. The molecule has 1 amide bonds. The molecule has 34 heavy (non-hydrogen) atoms. The van der Waals surface area contributed by atoms with E-state index in [0.29, 0.717) is 22.6 Å². The van der Waals surface area contributed by atoms with Crippen LogP contribution in [0.1, 0.15) is 19.8 Å². The lowest BCUT2D eigenvalue weighted by Crippen LogP contribution is -2.40. The van der Waals surface area contributed by atoms with Crippen molar-refractivity contribution in [1.82, 2.24) is 8.87 Å². The van der Waals surface area contributed by atoms with E-state index in [0.717, 1.165) is 15.6 Å². The van der Waals surface area contributed by atoms with Crippen molar-refractivity contribution in [3.05, 3.63) is 58.1 Å². The fourth-order valence-corrected chi connectivity index (χ4v) is 6.67. The van der Waals surface area contributed by atoms with Crippen LogP contribution >= 0.6 is 22.9 Å². The highest BCUT2D eigenvalue weighted by molar-refractivity contribution is 7.89. The number of sulfonamides is 1. The second-order valence-electron chi connectivity index (χ2n) is 7.54. The topological polar surface area (TPSA) is 98.0 Å². The molecule has 2 heterocycles. The van der Waals surface area contributed by atoms with E-state index < -0.39 is 33.8 Å². The standard InChI is InChI=1S/C22H21ClFN3O5S2/c1-2-32-19(28)13-26-20-16(24)5-3-7-18(20)33-22(26)25-21(29)17-6-4-12-27(17)34(30,31)15-10-8-14(23)9-11-15/h3,5,7-11,17H,2,4,6,12-13H2,1H3. The summed E-state index contributed by atoms with van der Waals surface area (Å²) in [6, 6.07) is 9.12. The predicted octanol–water partition coefficient (Wildman–Crippen LogP) is 3.34. The minimum Gasteiger partial charge on any atom is -0.465 e. The Balaban J connectivity index is 1.73. The third-order valence-corrected chi connectivity index (χ3v) is 8.58. The molecule has 3 aromatic rings. The van der Waals surface area contributed by atoms with E-state index >= 15 is 0 Å². The average molecular weight is 526 g/mol. The van der Waals surface area contributed by atoms with Crippen LogP contribution in [0.5, 0.6) is 0 Å². The average Bonchev–Trinajstić information content (AvgIpc) is 3.41. The molecule has 0 spiro atoms. The van der Waals surface area contributed by atoms with Gasteiger partial charge in [0.2, 0.25) is 10.0 Å². The summed E-state index contributed by atoms with van der Waals surface area (Å²) in [5, 5.41) is 0.395. The number of hydrogen-bond donors (Lipinski definition) is 0. The number of aromatic nitrogens is 1. The number of hydrogen-bond acceptors (Lipinski definition) is 6. The molecule has 4 rings (SSSR count). The van der Waals surface area contributed by atoms with Crippen LogP contribution in [-0.2, 0) is 30.9 Å². The number of carbonyl (C=O) groups is 2. The number of amides is 1. The van der Waals surface area contributed by atoms with Gasteiger partial charge in [0.25, 0.3) is 5.91 Å². The summed E-state index contributed by atoms with van der Waals surface area (Å²) in [4.78, 5) is 29.6. The van der Waals surface area contributed by atoms with Crippen LogP contribution in [0.25, 0.3) is 10.2 Å². The minimum absolute atomic E-state index is 0.0258. The first kappa shape index (κ1) is 24.5. The Morgan fingerprint density at radius 3 is 2.68 bits per heavy atom. The Kier molecular flexibility index (Phi) is 7.17. The van der Waals surface area contributed by atoms with Crippen molar-refractivity contribution in [3.8, 4) is 0 Å². The number of esters is 1. The first-order chi connectivity index (χ1) is 16.2. The summed E-state index contributed by atoms with van der Waals surface area (Å²) in [7, 11) is -3.95. The molecule has 0 radical (unpaired) electrons. The van der Waals surface area contributed by atoms with Crippen LogP contribution in [0.4, 0.5) is 4.39 Å². The second kappa shape index (κ2) is 9.95. The maximum absolute atomic E-state index is 14.6. The third-order valence-electron chi connectivity index (χ3n) is 5.36. The van der Waals surface area contributed by atoms with Crippen LogP contribution in [-0.4, -0.2) is 48.4 Å². The zero-order valence-electron chi connectivity index (χ0n) is 18.1. The highest BCUT2D eigenvalue weighted by Crippen LogP contribution is 2.28. The number of benzene rings is 2. The van der Waals surface area contributed by atoms with Gasteiger partial charge in [0.1, 0.15) is 18.4 Å². The van der Waals surface area contributed by atoms with Gasteiger partial charge >= 0.3 is 5.97 Å². The molecule has 1 fully saturated rings. The van der Waals surface area contributed by atoms with Gasteiger partial charge < -0.3 is 9.30 Å². The fraction of sp³-hybridized carbons (Fsp3) is 0.318. The fourth-order valence-electron chi connectivity index (χ4n) is 3.84. The normalized spacial score (nSPS) is 17.4. The first-order valence-corrected chi connectivity index (χ1v) is 13.1. The Morgan fingerprint density at radius 1 is 1.24 bits per heavy atom. The molecule has 0 N–H and O–H groups in total. The number of thiazole rings is 1. The van der Waals surface area contributed by atoms with Gasteiger partial charge in [-0.05, 0) is 56.2 Å². The lowest BCUT2D eigenvalue weighted by atomic mass is 10.2.